The molecular weight excluding hydrogens is 474 g/mol. The maximum atomic E-state index is 13.4. The molecule has 0 fully saturated rings. The number of likely N-dealkylation sites (N-methyl/N-ethyl adjacent to an activating group) is 1. The van der Waals surface area contributed by atoms with Gasteiger partial charge in [-0.15, -0.1) is 0 Å². The minimum absolute atomic E-state index is 0.0142. The SMILES string of the molecule is CC(C)C[C@@H](CC(=O)[C@H](Cc1ccc(O)cc1)NC(=O)CN=[N+]=[N-])C(=O)N(C)CC(=O)CCC(C)(C)C. The largest absolute Gasteiger partial charge is 0.508 e. The van der Waals surface area contributed by atoms with E-state index in [-0.39, 0.29) is 53.9 Å². The second kappa shape index (κ2) is 15.0. The summed E-state index contributed by atoms with van der Waals surface area (Å²) in [4.78, 5) is 55.3. The van der Waals surface area contributed by atoms with E-state index in [1.165, 1.54) is 17.0 Å². The molecule has 1 aromatic carbocycles. The molecule has 0 aliphatic carbocycles. The van der Waals surface area contributed by atoms with Crippen LogP contribution in [0.5, 0.6) is 5.75 Å². The van der Waals surface area contributed by atoms with Crippen LogP contribution in [0.3, 0.4) is 0 Å². The minimum Gasteiger partial charge on any atom is -0.508 e. The Bertz CT molecular complexity index is 978. The Balaban J connectivity index is 3.02. The van der Waals surface area contributed by atoms with Crippen molar-refractivity contribution in [1.82, 2.24) is 10.2 Å². The number of aromatic hydroxyl groups is 1. The predicted molar refractivity (Wildman–Crippen MR) is 142 cm³/mol. The summed E-state index contributed by atoms with van der Waals surface area (Å²) in [6, 6.07) is 5.29. The van der Waals surface area contributed by atoms with Crippen molar-refractivity contribution in [3.8, 4) is 5.75 Å². The Morgan fingerprint density at radius 2 is 1.76 bits per heavy atom. The van der Waals surface area contributed by atoms with Gasteiger partial charge in [-0.25, -0.2) is 0 Å². The first-order valence-electron chi connectivity index (χ1n) is 12.6. The number of ketones is 2. The quantitative estimate of drug-likeness (QED) is 0.204. The normalized spacial score (nSPS) is 12.8. The van der Waals surface area contributed by atoms with Crippen LogP contribution in [-0.2, 0) is 25.6 Å². The highest BCUT2D eigenvalue weighted by molar-refractivity contribution is 5.94. The molecule has 1 rings (SSSR count). The van der Waals surface area contributed by atoms with Gasteiger partial charge in [0.05, 0.1) is 12.6 Å². The molecule has 204 valence electrons. The molecule has 0 aromatic heterocycles. The highest BCUT2D eigenvalue weighted by Gasteiger charge is 2.30. The van der Waals surface area contributed by atoms with Crippen LogP contribution in [0.4, 0.5) is 0 Å². The summed E-state index contributed by atoms with van der Waals surface area (Å²) >= 11 is 0. The number of carbonyl (C=O) groups is 4. The number of Topliss-reactive ketones (excluding diaryl/α,β-unsaturated/α-hetero) is 2. The van der Waals surface area contributed by atoms with Gasteiger partial charge in [-0.05, 0) is 53.8 Å². The monoisotopic (exact) mass is 515 g/mol. The van der Waals surface area contributed by atoms with Gasteiger partial charge < -0.3 is 15.3 Å². The van der Waals surface area contributed by atoms with Crippen LogP contribution < -0.4 is 5.32 Å². The summed E-state index contributed by atoms with van der Waals surface area (Å²) < 4.78 is 0. The van der Waals surface area contributed by atoms with Crippen molar-refractivity contribution in [3.05, 3.63) is 40.3 Å². The lowest BCUT2D eigenvalue weighted by molar-refractivity contribution is -0.140. The second-order valence-electron chi connectivity index (χ2n) is 11.2. The van der Waals surface area contributed by atoms with Gasteiger partial charge in [-0.3, -0.25) is 19.2 Å². The number of nitrogens with one attached hydrogen (secondary N) is 1. The topological polar surface area (TPSA) is 153 Å². The molecule has 0 spiro atoms. The van der Waals surface area contributed by atoms with Gasteiger partial charge in [0.25, 0.3) is 0 Å². The third kappa shape index (κ3) is 12.9. The van der Waals surface area contributed by atoms with E-state index in [2.05, 4.69) is 36.1 Å². The Morgan fingerprint density at radius 3 is 2.30 bits per heavy atom. The van der Waals surface area contributed by atoms with Gasteiger partial charge in [0.15, 0.2) is 11.6 Å². The number of phenolic OH excluding ortho intramolecular Hbond substituents is 1. The van der Waals surface area contributed by atoms with Crippen LogP contribution in [0.15, 0.2) is 29.4 Å². The Labute approximate surface area is 219 Å². The molecular formula is C27H41N5O5. The van der Waals surface area contributed by atoms with Crippen molar-refractivity contribution in [1.29, 1.82) is 0 Å². The summed E-state index contributed by atoms with van der Waals surface area (Å²) in [5, 5.41) is 15.4. The fourth-order valence-corrected chi connectivity index (χ4v) is 3.92. The molecule has 0 aliphatic rings. The fourth-order valence-electron chi connectivity index (χ4n) is 3.92. The second-order valence-corrected chi connectivity index (χ2v) is 11.2. The van der Waals surface area contributed by atoms with Crippen LogP contribution in [0.25, 0.3) is 10.4 Å². The third-order valence-electron chi connectivity index (χ3n) is 5.87. The van der Waals surface area contributed by atoms with Crippen molar-refractivity contribution in [2.24, 2.45) is 22.4 Å². The highest BCUT2D eigenvalue weighted by atomic mass is 16.3. The third-order valence-corrected chi connectivity index (χ3v) is 5.87. The molecule has 0 saturated carbocycles. The number of carbonyl (C=O) groups excluding carboxylic acids is 4. The standard InChI is InChI=1S/C27H41N5O5/c1-18(2)13-20(26(37)32(6)17-22(34)11-12-27(3,4)5)15-24(35)23(30-25(36)16-29-31-28)14-19-7-9-21(33)10-8-19/h7-10,18,20,23,33H,11-17H2,1-6H3,(H,30,36)/t20-,23-/m0/s1. The molecule has 10 nitrogen and oxygen atoms in total. The predicted octanol–water partition coefficient (Wildman–Crippen LogP) is 4.21. The van der Waals surface area contributed by atoms with Gasteiger partial charge in [0.1, 0.15) is 12.3 Å². The average molecular weight is 516 g/mol. The van der Waals surface area contributed by atoms with E-state index >= 15 is 0 Å². The molecule has 0 bridgehead atoms. The van der Waals surface area contributed by atoms with Gasteiger partial charge >= 0.3 is 0 Å². The number of nitrogens with zero attached hydrogens (tertiary/aromatic N) is 4. The first kappa shape index (κ1) is 31.6. The van der Waals surface area contributed by atoms with E-state index in [1.54, 1.807) is 19.2 Å². The summed E-state index contributed by atoms with van der Waals surface area (Å²) in [5.41, 5.74) is 9.21. The molecule has 37 heavy (non-hydrogen) atoms. The molecule has 10 heteroatoms. The van der Waals surface area contributed by atoms with Crippen molar-refractivity contribution in [2.45, 2.75) is 72.8 Å². The van der Waals surface area contributed by atoms with Crippen molar-refractivity contribution < 1.29 is 24.3 Å². The lowest BCUT2D eigenvalue weighted by Gasteiger charge is -2.26. The first-order chi connectivity index (χ1) is 17.2. The Morgan fingerprint density at radius 1 is 1.14 bits per heavy atom. The zero-order valence-electron chi connectivity index (χ0n) is 22.9. The van der Waals surface area contributed by atoms with E-state index in [0.29, 0.717) is 18.4 Å². The molecule has 0 heterocycles. The maximum Gasteiger partial charge on any atom is 0.226 e. The van der Waals surface area contributed by atoms with Gasteiger partial charge in [-0.1, -0.05) is 51.9 Å². The Hall–Kier alpha value is -3.39. The van der Waals surface area contributed by atoms with Crippen molar-refractivity contribution in [2.75, 3.05) is 20.1 Å². The highest BCUT2D eigenvalue weighted by Crippen LogP contribution is 2.22. The molecule has 0 aliphatic heterocycles. The molecule has 2 atom stereocenters. The first-order valence-corrected chi connectivity index (χ1v) is 12.6. The number of phenols is 1. The lowest BCUT2D eigenvalue weighted by atomic mass is 9.87. The molecule has 2 N–H and O–H groups in total. The number of benzene rings is 1. The molecule has 1 aromatic rings. The van der Waals surface area contributed by atoms with E-state index in [9.17, 15) is 24.3 Å². The number of azide groups is 1. The average Bonchev–Trinajstić information content (AvgIpc) is 2.80. The van der Waals surface area contributed by atoms with Crippen molar-refractivity contribution >= 4 is 23.4 Å². The summed E-state index contributed by atoms with van der Waals surface area (Å²) in [7, 11) is 1.57. The summed E-state index contributed by atoms with van der Waals surface area (Å²) in [6.07, 6.45) is 1.58. The van der Waals surface area contributed by atoms with Crippen LogP contribution in [0.2, 0.25) is 0 Å². The van der Waals surface area contributed by atoms with E-state index < -0.39 is 24.4 Å². The van der Waals surface area contributed by atoms with Gasteiger partial charge in [0.2, 0.25) is 11.8 Å². The number of amides is 2. The van der Waals surface area contributed by atoms with Gasteiger partial charge in [0, 0.05) is 30.7 Å². The van der Waals surface area contributed by atoms with Crippen LogP contribution in [0, 0.1) is 17.3 Å². The number of rotatable bonds is 15. The number of hydrogen-bond acceptors (Lipinski definition) is 6. The molecule has 0 unspecified atom stereocenters. The maximum absolute atomic E-state index is 13.4. The lowest BCUT2D eigenvalue weighted by Crippen LogP contribution is -2.45. The van der Waals surface area contributed by atoms with E-state index in [1.807, 2.05) is 13.8 Å². The van der Waals surface area contributed by atoms with E-state index in [0.717, 1.165) is 6.42 Å². The van der Waals surface area contributed by atoms with Crippen LogP contribution in [-0.4, -0.2) is 59.6 Å². The molecule has 2 amide bonds. The number of hydrogen-bond donors (Lipinski definition) is 2. The summed E-state index contributed by atoms with van der Waals surface area (Å²) in [6.45, 7) is 9.60. The minimum atomic E-state index is -0.952. The zero-order chi connectivity index (χ0) is 28.2. The van der Waals surface area contributed by atoms with Crippen molar-refractivity contribution in [3.63, 3.8) is 0 Å². The van der Waals surface area contributed by atoms with Crippen LogP contribution in [0.1, 0.15) is 65.9 Å². The van der Waals surface area contributed by atoms with E-state index in [4.69, 9.17) is 5.53 Å². The summed E-state index contributed by atoms with van der Waals surface area (Å²) in [5.74, 6) is -1.71. The Kier molecular flexibility index (Phi) is 12.8. The smallest absolute Gasteiger partial charge is 0.226 e. The van der Waals surface area contributed by atoms with Crippen LogP contribution >= 0.6 is 0 Å². The fraction of sp³-hybridized carbons (Fsp3) is 0.630. The van der Waals surface area contributed by atoms with Gasteiger partial charge in [-0.2, -0.15) is 0 Å². The molecule has 0 radical (unpaired) electrons. The molecule has 0 saturated heterocycles. The zero-order valence-corrected chi connectivity index (χ0v) is 22.9.